The predicted molar refractivity (Wildman–Crippen MR) is 69.2 cm³/mol. The van der Waals surface area contributed by atoms with E-state index in [1.165, 1.54) is 6.20 Å². The van der Waals surface area contributed by atoms with Crippen LogP contribution in [0.3, 0.4) is 0 Å². The number of hydrogen-bond acceptors (Lipinski definition) is 4. The van der Waals surface area contributed by atoms with Crippen LogP contribution in [0.25, 0.3) is 0 Å². The molecule has 0 aromatic carbocycles. The number of nitrogens with one attached hydrogen (secondary N) is 1. The third-order valence-corrected chi connectivity index (χ3v) is 3.36. The number of piperazine rings is 1. The Kier molecular flexibility index (Phi) is 3.91. The van der Waals surface area contributed by atoms with Crippen LogP contribution in [0.1, 0.15) is 31.3 Å². The van der Waals surface area contributed by atoms with Gasteiger partial charge in [0.05, 0.1) is 6.20 Å². The molecule has 2 atom stereocenters. The second kappa shape index (κ2) is 5.44. The normalized spacial score (nSPS) is 24.3. The minimum atomic E-state index is -0.0184. The number of amides is 1. The molecule has 0 radical (unpaired) electrons. The van der Waals surface area contributed by atoms with Gasteiger partial charge < -0.3 is 10.2 Å². The Balaban J connectivity index is 2.20. The average molecular weight is 248 g/mol. The fraction of sp³-hybridized carbons (Fsp3) is 0.615. The third kappa shape index (κ3) is 2.67. The van der Waals surface area contributed by atoms with Crippen LogP contribution < -0.4 is 5.32 Å². The minimum Gasteiger partial charge on any atom is -0.331 e. The van der Waals surface area contributed by atoms with E-state index < -0.39 is 0 Å². The van der Waals surface area contributed by atoms with E-state index in [1.807, 2.05) is 4.90 Å². The van der Waals surface area contributed by atoms with Crippen molar-refractivity contribution in [2.75, 3.05) is 13.1 Å². The summed E-state index contributed by atoms with van der Waals surface area (Å²) in [5.74, 6) is 0.403. The summed E-state index contributed by atoms with van der Waals surface area (Å²) in [6.07, 6.45) is 4.67. The highest BCUT2D eigenvalue weighted by atomic mass is 16.2. The summed E-state index contributed by atoms with van der Waals surface area (Å²) in [7, 11) is 0. The average Bonchev–Trinajstić information content (AvgIpc) is 2.38. The molecule has 5 heteroatoms. The lowest BCUT2D eigenvalue weighted by Crippen LogP contribution is -2.59. The van der Waals surface area contributed by atoms with Crippen molar-refractivity contribution < 1.29 is 4.79 Å². The first-order valence-corrected chi connectivity index (χ1v) is 6.40. The molecule has 1 aromatic heterocycles. The summed E-state index contributed by atoms with van der Waals surface area (Å²) < 4.78 is 0. The molecule has 1 N–H and O–H groups in total. The quantitative estimate of drug-likeness (QED) is 0.846. The van der Waals surface area contributed by atoms with Crippen LogP contribution >= 0.6 is 0 Å². The van der Waals surface area contributed by atoms with Gasteiger partial charge in [0.15, 0.2) is 0 Å². The molecular weight excluding hydrogens is 228 g/mol. The molecule has 0 spiro atoms. The lowest BCUT2D eigenvalue weighted by atomic mass is 9.98. The molecular formula is C13H20N4O. The van der Waals surface area contributed by atoms with Gasteiger partial charge in [-0.25, -0.2) is 4.98 Å². The maximum atomic E-state index is 12.5. The van der Waals surface area contributed by atoms with Gasteiger partial charge in [-0.15, -0.1) is 0 Å². The van der Waals surface area contributed by atoms with E-state index in [4.69, 9.17) is 0 Å². The second-order valence-corrected chi connectivity index (χ2v) is 5.17. The Morgan fingerprint density at radius 1 is 1.50 bits per heavy atom. The monoisotopic (exact) mass is 248 g/mol. The first-order chi connectivity index (χ1) is 8.59. The fourth-order valence-electron chi connectivity index (χ4n) is 2.31. The number of rotatable bonds is 2. The van der Waals surface area contributed by atoms with Crippen molar-refractivity contribution in [3.8, 4) is 0 Å². The molecule has 1 amide bonds. The smallest absolute Gasteiger partial charge is 0.274 e. The maximum Gasteiger partial charge on any atom is 0.274 e. The zero-order valence-corrected chi connectivity index (χ0v) is 11.1. The molecule has 1 aromatic rings. The van der Waals surface area contributed by atoms with E-state index in [0.717, 1.165) is 13.1 Å². The van der Waals surface area contributed by atoms with Gasteiger partial charge in [0.2, 0.25) is 0 Å². The van der Waals surface area contributed by atoms with Gasteiger partial charge >= 0.3 is 0 Å². The summed E-state index contributed by atoms with van der Waals surface area (Å²) in [5.41, 5.74) is 0.428. The number of carbonyl (C=O) groups excluding carboxylic acids is 1. The van der Waals surface area contributed by atoms with Crippen molar-refractivity contribution in [3.63, 3.8) is 0 Å². The third-order valence-electron chi connectivity index (χ3n) is 3.36. The molecule has 0 saturated carbocycles. The molecule has 1 aliphatic rings. The molecule has 1 saturated heterocycles. The van der Waals surface area contributed by atoms with Crippen LogP contribution in [0.5, 0.6) is 0 Å². The van der Waals surface area contributed by atoms with E-state index in [9.17, 15) is 4.79 Å². The second-order valence-electron chi connectivity index (χ2n) is 5.17. The summed E-state index contributed by atoms with van der Waals surface area (Å²) in [6.45, 7) is 7.93. The zero-order chi connectivity index (χ0) is 13.1. The maximum absolute atomic E-state index is 12.5. The number of aromatic nitrogens is 2. The molecule has 0 bridgehead atoms. The molecule has 18 heavy (non-hydrogen) atoms. The standard InChI is InChI=1S/C13H20N4O/c1-9(2)12-7-16-10(3)8-17(12)13(18)11-6-14-4-5-15-11/h4-6,9-10,12,16H,7-8H2,1-3H3. The first-order valence-electron chi connectivity index (χ1n) is 6.40. The minimum absolute atomic E-state index is 0.0184. The van der Waals surface area contributed by atoms with E-state index >= 15 is 0 Å². The van der Waals surface area contributed by atoms with Crippen molar-refractivity contribution in [3.05, 3.63) is 24.3 Å². The molecule has 2 unspecified atom stereocenters. The van der Waals surface area contributed by atoms with Crippen LogP contribution in [-0.2, 0) is 0 Å². The highest BCUT2D eigenvalue weighted by Crippen LogP contribution is 2.17. The summed E-state index contributed by atoms with van der Waals surface area (Å²) >= 11 is 0. The lowest BCUT2D eigenvalue weighted by molar-refractivity contribution is 0.0515. The fourth-order valence-corrected chi connectivity index (χ4v) is 2.31. The van der Waals surface area contributed by atoms with Crippen molar-refractivity contribution in [1.29, 1.82) is 0 Å². The largest absolute Gasteiger partial charge is 0.331 e. The van der Waals surface area contributed by atoms with Crippen molar-refractivity contribution in [2.24, 2.45) is 5.92 Å². The summed E-state index contributed by atoms with van der Waals surface area (Å²) in [6, 6.07) is 0.538. The number of hydrogen-bond donors (Lipinski definition) is 1. The molecule has 2 rings (SSSR count). The van der Waals surface area contributed by atoms with Crippen LogP contribution in [-0.4, -0.2) is 45.9 Å². The molecule has 1 aliphatic heterocycles. The Morgan fingerprint density at radius 2 is 2.28 bits per heavy atom. The van der Waals surface area contributed by atoms with Crippen molar-refractivity contribution in [2.45, 2.75) is 32.9 Å². The first kappa shape index (κ1) is 13.0. The lowest BCUT2D eigenvalue weighted by Gasteiger charge is -2.41. The zero-order valence-electron chi connectivity index (χ0n) is 11.1. The van der Waals surface area contributed by atoms with Gasteiger partial charge in [0.25, 0.3) is 5.91 Å². The van der Waals surface area contributed by atoms with E-state index in [2.05, 4.69) is 36.1 Å². The number of carbonyl (C=O) groups is 1. The van der Waals surface area contributed by atoms with E-state index in [0.29, 0.717) is 17.7 Å². The molecule has 5 nitrogen and oxygen atoms in total. The SMILES string of the molecule is CC1CN(C(=O)c2cnccn2)C(C(C)C)CN1. The van der Waals surface area contributed by atoms with Gasteiger partial charge in [0, 0.05) is 37.6 Å². The van der Waals surface area contributed by atoms with Crippen molar-refractivity contribution >= 4 is 5.91 Å². The van der Waals surface area contributed by atoms with Crippen LogP contribution in [0.2, 0.25) is 0 Å². The van der Waals surface area contributed by atoms with Crippen molar-refractivity contribution in [1.82, 2.24) is 20.2 Å². The van der Waals surface area contributed by atoms with Gasteiger partial charge in [-0.2, -0.15) is 0 Å². The summed E-state index contributed by atoms with van der Waals surface area (Å²) in [5, 5.41) is 3.42. The Bertz CT molecular complexity index is 407. The van der Waals surface area contributed by atoms with Crippen LogP contribution in [0.15, 0.2) is 18.6 Å². The van der Waals surface area contributed by atoms with E-state index in [1.54, 1.807) is 12.4 Å². The van der Waals surface area contributed by atoms with Gasteiger partial charge in [-0.1, -0.05) is 13.8 Å². The van der Waals surface area contributed by atoms with E-state index in [-0.39, 0.29) is 11.9 Å². The molecule has 2 heterocycles. The topological polar surface area (TPSA) is 58.1 Å². The summed E-state index contributed by atoms with van der Waals surface area (Å²) in [4.78, 5) is 22.4. The highest BCUT2D eigenvalue weighted by molar-refractivity contribution is 5.92. The van der Waals surface area contributed by atoms with Gasteiger partial charge in [-0.3, -0.25) is 9.78 Å². The highest BCUT2D eigenvalue weighted by Gasteiger charge is 2.32. The van der Waals surface area contributed by atoms with Crippen LogP contribution in [0, 0.1) is 5.92 Å². The Hall–Kier alpha value is -1.49. The molecule has 98 valence electrons. The Morgan fingerprint density at radius 3 is 2.89 bits per heavy atom. The van der Waals surface area contributed by atoms with Crippen LogP contribution in [0.4, 0.5) is 0 Å². The molecule has 0 aliphatic carbocycles. The molecule has 1 fully saturated rings. The van der Waals surface area contributed by atoms with Gasteiger partial charge in [-0.05, 0) is 12.8 Å². The number of nitrogens with zero attached hydrogens (tertiary/aromatic N) is 3. The predicted octanol–water partition coefficient (Wildman–Crippen LogP) is 0.935. The van der Waals surface area contributed by atoms with Gasteiger partial charge in [0.1, 0.15) is 5.69 Å². The Labute approximate surface area is 108 Å².